The molecule has 7 nitrogen and oxygen atoms in total. The molecule has 1 amide bonds. The molecule has 0 saturated carbocycles. The molecule has 19 heavy (non-hydrogen) atoms. The summed E-state index contributed by atoms with van der Waals surface area (Å²) in [6.07, 6.45) is -0.452. The monoisotopic (exact) mass is 277 g/mol. The lowest BCUT2D eigenvalue weighted by Crippen LogP contribution is -2.36. The molecule has 0 saturated heterocycles. The van der Waals surface area contributed by atoms with Crippen molar-refractivity contribution >= 4 is 11.8 Å². The Balaban J connectivity index is 2.84. The second kappa shape index (κ2) is 6.03. The number of alkyl halides is 2. The Labute approximate surface area is 106 Å². The summed E-state index contributed by atoms with van der Waals surface area (Å²) in [7, 11) is 0. The van der Waals surface area contributed by atoms with Gasteiger partial charge in [-0.2, -0.15) is 8.78 Å². The van der Waals surface area contributed by atoms with Crippen LogP contribution in [0.15, 0.2) is 17.1 Å². The molecular weight excluding hydrogens is 264 g/mol. The van der Waals surface area contributed by atoms with Crippen molar-refractivity contribution in [2.24, 2.45) is 0 Å². The molecule has 0 radical (unpaired) electrons. The summed E-state index contributed by atoms with van der Waals surface area (Å²) >= 11 is 0. The normalized spacial score (nSPS) is 12.2. The van der Waals surface area contributed by atoms with Crippen molar-refractivity contribution < 1.29 is 23.4 Å². The first-order chi connectivity index (χ1) is 8.81. The third-order valence-corrected chi connectivity index (χ3v) is 2.10. The van der Waals surface area contributed by atoms with Crippen LogP contribution in [0.5, 0.6) is 5.75 Å². The Morgan fingerprint density at radius 3 is 2.79 bits per heavy atom. The van der Waals surface area contributed by atoms with E-state index in [1.807, 2.05) is 0 Å². The van der Waals surface area contributed by atoms with Crippen molar-refractivity contribution in [2.75, 3.05) is 12.3 Å². The Bertz CT molecular complexity index is 518. The zero-order valence-corrected chi connectivity index (χ0v) is 9.97. The Morgan fingerprint density at radius 2 is 2.26 bits per heavy atom. The van der Waals surface area contributed by atoms with Crippen molar-refractivity contribution in [3.05, 3.63) is 22.6 Å². The summed E-state index contributed by atoms with van der Waals surface area (Å²) in [5.74, 6) is -0.362. The Hall–Kier alpha value is -2.32. The van der Waals surface area contributed by atoms with Gasteiger partial charge in [-0.3, -0.25) is 9.36 Å². The smallest absolute Gasteiger partial charge is 0.404 e. The van der Waals surface area contributed by atoms with Gasteiger partial charge in [0.2, 0.25) is 0 Å². The van der Waals surface area contributed by atoms with E-state index >= 15 is 0 Å². The van der Waals surface area contributed by atoms with E-state index in [0.717, 1.165) is 12.3 Å². The fourth-order valence-corrected chi connectivity index (χ4v) is 1.31. The lowest BCUT2D eigenvalue weighted by atomic mass is 10.3. The predicted octanol–water partition coefficient (Wildman–Crippen LogP) is 0.861. The van der Waals surface area contributed by atoms with Crippen LogP contribution in [0.3, 0.4) is 0 Å². The minimum absolute atomic E-state index is 0.0613. The number of hydrogen-bond donors (Lipinski definition) is 3. The molecule has 9 heteroatoms. The zero-order valence-electron chi connectivity index (χ0n) is 9.97. The van der Waals surface area contributed by atoms with Crippen molar-refractivity contribution in [3.63, 3.8) is 0 Å². The lowest BCUT2D eigenvalue weighted by molar-refractivity contribution is 0.0651. The highest BCUT2D eigenvalue weighted by Gasteiger charge is 2.14. The molecule has 0 fully saturated rings. The van der Waals surface area contributed by atoms with Crippen molar-refractivity contribution in [3.8, 4) is 5.75 Å². The van der Waals surface area contributed by atoms with E-state index in [1.54, 1.807) is 0 Å². The van der Waals surface area contributed by atoms with Crippen LogP contribution in [-0.2, 0) is 0 Å². The van der Waals surface area contributed by atoms with Crippen LogP contribution in [0.4, 0.5) is 19.3 Å². The zero-order chi connectivity index (χ0) is 14.6. The SMILES string of the molecule is CC(COc1cc(N)cn(C(F)F)c1=O)NC(=O)O. The quantitative estimate of drug-likeness (QED) is 0.740. The van der Waals surface area contributed by atoms with Gasteiger partial charge >= 0.3 is 12.6 Å². The molecule has 0 aliphatic carbocycles. The largest absolute Gasteiger partial charge is 0.486 e. The van der Waals surface area contributed by atoms with Crippen molar-refractivity contribution in [1.82, 2.24) is 9.88 Å². The molecular formula is C10H13F2N3O4. The first kappa shape index (κ1) is 14.7. The van der Waals surface area contributed by atoms with E-state index in [0.29, 0.717) is 0 Å². The molecule has 1 heterocycles. The second-order valence-corrected chi connectivity index (χ2v) is 3.79. The van der Waals surface area contributed by atoms with E-state index < -0.39 is 24.2 Å². The van der Waals surface area contributed by atoms with Crippen LogP contribution >= 0.6 is 0 Å². The molecule has 1 atom stereocenters. The standard InChI is InChI=1S/C10H13F2N3O4/c1-5(14-10(17)18)4-19-7-2-6(13)3-15(8(7)16)9(11)12/h2-3,5,9,14H,4,13H2,1H3,(H,17,18). The van der Waals surface area contributed by atoms with Crippen LogP contribution in [-0.4, -0.2) is 28.4 Å². The number of carbonyl (C=O) groups is 1. The van der Waals surface area contributed by atoms with Gasteiger partial charge in [-0.15, -0.1) is 0 Å². The predicted molar refractivity (Wildman–Crippen MR) is 62.5 cm³/mol. The highest BCUT2D eigenvalue weighted by molar-refractivity contribution is 5.64. The van der Waals surface area contributed by atoms with Crippen LogP contribution in [0.1, 0.15) is 13.5 Å². The molecule has 0 aliphatic rings. The van der Waals surface area contributed by atoms with E-state index in [9.17, 15) is 18.4 Å². The van der Waals surface area contributed by atoms with Crippen molar-refractivity contribution in [2.45, 2.75) is 19.5 Å². The third-order valence-electron chi connectivity index (χ3n) is 2.10. The number of halogens is 2. The van der Waals surface area contributed by atoms with E-state index in [4.69, 9.17) is 15.6 Å². The highest BCUT2D eigenvalue weighted by Crippen LogP contribution is 2.14. The first-order valence-electron chi connectivity index (χ1n) is 5.23. The number of ether oxygens (including phenoxy) is 1. The van der Waals surface area contributed by atoms with Crippen LogP contribution in [0, 0.1) is 0 Å². The number of nitrogen functional groups attached to an aromatic ring is 1. The van der Waals surface area contributed by atoms with E-state index in [1.165, 1.54) is 6.92 Å². The summed E-state index contributed by atoms with van der Waals surface area (Å²) in [5, 5.41) is 10.5. The second-order valence-electron chi connectivity index (χ2n) is 3.79. The Kier molecular flexibility index (Phi) is 4.67. The number of pyridine rings is 1. The van der Waals surface area contributed by atoms with E-state index in [2.05, 4.69) is 5.32 Å². The molecule has 0 aromatic carbocycles. The van der Waals surface area contributed by atoms with Crippen molar-refractivity contribution in [1.29, 1.82) is 0 Å². The minimum Gasteiger partial charge on any atom is -0.486 e. The average Bonchev–Trinajstić information content (AvgIpc) is 2.28. The number of carboxylic acid groups (broad SMARTS) is 1. The van der Waals surface area contributed by atoms with Gasteiger partial charge in [0.15, 0.2) is 5.75 Å². The molecule has 1 unspecified atom stereocenters. The third kappa shape index (κ3) is 4.12. The summed E-state index contributed by atoms with van der Waals surface area (Å²) in [6, 6.07) is 0.493. The lowest BCUT2D eigenvalue weighted by Gasteiger charge is -2.14. The molecule has 0 bridgehead atoms. The van der Waals surface area contributed by atoms with Crippen LogP contribution in [0.2, 0.25) is 0 Å². The number of nitrogens with zero attached hydrogens (tertiary/aromatic N) is 1. The topological polar surface area (TPSA) is 107 Å². The molecule has 0 aliphatic heterocycles. The molecule has 1 aromatic rings. The number of aromatic nitrogens is 1. The average molecular weight is 277 g/mol. The molecule has 106 valence electrons. The molecule has 4 N–H and O–H groups in total. The summed E-state index contributed by atoms with van der Waals surface area (Å²) in [4.78, 5) is 21.9. The van der Waals surface area contributed by atoms with Gasteiger partial charge < -0.3 is 20.9 Å². The maximum atomic E-state index is 12.5. The molecule has 1 rings (SSSR count). The highest BCUT2D eigenvalue weighted by atomic mass is 19.3. The number of hydrogen-bond acceptors (Lipinski definition) is 4. The van der Waals surface area contributed by atoms with Crippen LogP contribution in [0.25, 0.3) is 0 Å². The van der Waals surface area contributed by atoms with Crippen LogP contribution < -0.4 is 21.3 Å². The van der Waals surface area contributed by atoms with Gasteiger partial charge in [-0.25, -0.2) is 4.79 Å². The summed E-state index contributed by atoms with van der Waals surface area (Å²) in [5.41, 5.74) is 4.27. The number of rotatable bonds is 5. The van der Waals surface area contributed by atoms with E-state index in [-0.39, 0.29) is 22.6 Å². The maximum Gasteiger partial charge on any atom is 0.404 e. The maximum absolute atomic E-state index is 12.5. The van der Waals surface area contributed by atoms with Gasteiger partial charge in [0.25, 0.3) is 5.56 Å². The fourth-order valence-electron chi connectivity index (χ4n) is 1.31. The minimum atomic E-state index is -3.03. The molecule has 0 spiro atoms. The Morgan fingerprint density at radius 1 is 1.63 bits per heavy atom. The summed E-state index contributed by atoms with van der Waals surface area (Å²) in [6.45, 7) is -1.73. The summed E-state index contributed by atoms with van der Waals surface area (Å²) < 4.78 is 30.2. The number of nitrogens with one attached hydrogen (secondary N) is 1. The van der Waals surface area contributed by atoms with Gasteiger partial charge in [-0.05, 0) is 6.92 Å². The van der Waals surface area contributed by atoms with Gasteiger partial charge in [0, 0.05) is 12.3 Å². The number of anilines is 1. The fraction of sp³-hybridized carbons (Fsp3) is 0.400. The molecule has 1 aromatic heterocycles. The van der Waals surface area contributed by atoms with Gasteiger partial charge in [0.1, 0.15) is 6.61 Å². The van der Waals surface area contributed by atoms with Gasteiger partial charge in [-0.1, -0.05) is 0 Å². The number of amides is 1. The van der Waals surface area contributed by atoms with Gasteiger partial charge in [0.05, 0.1) is 11.7 Å². The first-order valence-corrected chi connectivity index (χ1v) is 5.23. The number of nitrogens with two attached hydrogens (primary N) is 1.